The third-order valence-electron chi connectivity index (χ3n) is 3.75. The van der Waals surface area contributed by atoms with Crippen LogP contribution in [0.15, 0.2) is 5.38 Å². The molecule has 2 heterocycles. The third kappa shape index (κ3) is 4.70. The van der Waals surface area contributed by atoms with Gasteiger partial charge in [-0.05, 0) is 6.42 Å². The molecule has 0 bridgehead atoms. The minimum atomic E-state index is -0.383. The quantitative estimate of drug-likeness (QED) is 0.878. The van der Waals surface area contributed by atoms with Gasteiger partial charge < -0.3 is 10.2 Å². The van der Waals surface area contributed by atoms with Gasteiger partial charge in [0.25, 0.3) is 0 Å². The molecule has 1 aliphatic rings. The Bertz CT molecular complexity index is 566. The van der Waals surface area contributed by atoms with Crippen LogP contribution in [0.5, 0.6) is 0 Å². The lowest BCUT2D eigenvalue weighted by molar-refractivity contribution is -0.136. The number of carbonyl (C=O) groups excluding carboxylic acids is 2. The first-order chi connectivity index (χ1) is 10.8. The highest BCUT2D eigenvalue weighted by Gasteiger charge is 2.34. The van der Waals surface area contributed by atoms with Crippen molar-refractivity contribution in [2.75, 3.05) is 16.9 Å². The van der Waals surface area contributed by atoms with E-state index in [1.807, 2.05) is 5.38 Å². The Kier molecular flexibility index (Phi) is 6.08. The van der Waals surface area contributed by atoms with Crippen LogP contribution < -0.4 is 5.32 Å². The number of amides is 2. The van der Waals surface area contributed by atoms with E-state index in [-0.39, 0.29) is 23.3 Å². The van der Waals surface area contributed by atoms with Crippen LogP contribution in [-0.2, 0) is 15.0 Å². The average Bonchev–Trinajstić information content (AvgIpc) is 3.12. The molecule has 2 rings (SSSR count). The van der Waals surface area contributed by atoms with Gasteiger partial charge in [-0.1, -0.05) is 34.1 Å². The summed E-state index contributed by atoms with van der Waals surface area (Å²) in [5.74, 6) is 1.20. The zero-order chi connectivity index (χ0) is 17.0. The summed E-state index contributed by atoms with van der Waals surface area (Å²) >= 11 is 3.06. The van der Waals surface area contributed by atoms with Gasteiger partial charge in [-0.15, -0.1) is 23.1 Å². The van der Waals surface area contributed by atoms with Crippen molar-refractivity contribution in [3.63, 3.8) is 0 Å². The lowest BCUT2D eigenvalue weighted by atomic mass is 9.93. The van der Waals surface area contributed by atoms with Crippen molar-refractivity contribution in [1.29, 1.82) is 0 Å². The number of unbranched alkanes of at least 4 members (excludes halogenated alkanes) is 1. The molecule has 128 valence electrons. The molecule has 0 aliphatic carbocycles. The van der Waals surface area contributed by atoms with Crippen LogP contribution in [0.3, 0.4) is 0 Å². The second-order valence-corrected chi connectivity index (χ2v) is 8.62. The van der Waals surface area contributed by atoms with Crippen LogP contribution in [0.2, 0.25) is 0 Å². The summed E-state index contributed by atoms with van der Waals surface area (Å²) in [6.45, 7) is 8.34. The van der Waals surface area contributed by atoms with Crippen LogP contribution >= 0.6 is 23.1 Å². The van der Waals surface area contributed by atoms with Gasteiger partial charge in [0.2, 0.25) is 11.8 Å². The number of hydrogen-bond donors (Lipinski definition) is 1. The summed E-state index contributed by atoms with van der Waals surface area (Å²) in [6.07, 6.45) is 2.38. The SMILES string of the molecule is CCCCC(=O)N1CSCC1C(=O)Nc1nc(C(C)(C)C)cs1. The van der Waals surface area contributed by atoms with Crippen molar-refractivity contribution >= 4 is 40.0 Å². The van der Waals surface area contributed by atoms with E-state index < -0.39 is 0 Å². The monoisotopic (exact) mass is 355 g/mol. The first-order valence-electron chi connectivity index (χ1n) is 7.97. The minimum Gasteiger partial charge on any atom is -0.321 e. The summed E-state index contributed by atoms with van der Waals surface area (Å²) in [6, 6.07) is -0.383. The summed E-state index contributed by atoms with van der Waals surface area (Å²) in [4.78, 5) is 30.9. The smallest absolute Gasteiger partial charge is 0.249 e. The van der Waals surface area contributed by atoms with Crippen molar-refractivity contribution in [2.24, 2.45) is 0 Å². The minimum absolute atomic E-state index is 0.0369. The highest BCUT2D eigenvalue weighted by molar-refractivity contribution is 7.99. The van der Waals surface area contributed by atoms with Gasteiger partial charge in [0.05, 0.1) is 11.6 Å². The molecular weight excluding hydrogens is 330 g/mol. The Balaban J connectivity index is 1.99. The number of hydrogen-bond acceptors (Lipinski definition) is 5. The highest BCUT2D eigenvalue weighted by atomic mass is 32.2. The van der Waals surface area contributed by atoms with Crippen molar-refractivity contribution in [3.05, 3.63) is 11.1 Å². The average molecular weight is 356 g/mol. The molecule has 5 nitrogen and oxygen atoms in total. The maximum absolute atomic E-state index is 12.5. The van der Waals surface area contributed by atoms with Gasteiger partial charge in [-0.25, -0.2) is 4.98 Å². The molecule has 0 aromatic carbocycles. The Labute approximate surface area is 146 Å². The first kappa shape index (κ1) is 18.3. The number of aromatic nitrogens is 1. The number of anilines is 1. The van der Waals surface area contributed by atoms with Crippen LogP contribution in [0.1, 0.15) is 52.7 Å². The fraction of sp³-hybridized carbons (Fsp3) is 0.688. The van der Waals surface area contributed by atoms with Gasteiger partial charge in [-0.2, -0.15) is 0 Å². The molecule has 1 aliphatic heterocycles. The number of thiazole rings is 1. The molecule has 23 heavy (non-hydrogen) atoms. The molecule has 1 aromatic heterocycles. The fourth-order valence-electron chi connectivity index (χ4n) is 2.24. The molecule has 0 spiro atoms. The number of carbonyl (C=O) groups is 2. The molecule has 1 fully saturated rings. The van der Waals surface area contributed by atoms with Gasteiger partial charge in [0, 0.05) is 23.0 Å². The second-order valence-electron chi connectivity index (χ2n) is 6.76. The summed E-state index contributed by atoms with van der Waals surface area (Å²) in [5, 5.41) is 5.46. The van der Waals surface area contributed by atoms with E-state index in [1.54, 1.807) is 16.7 Å². The predicted molar refractivity (Wildman–Crippen MR) is 96.9 cm³/mol. The molecule has 2 amide bonds. The van der Waals surface area contributed by atoms with Crippen molar-refractivity contribution < 1.29 is 9.59 Å². The molecule has 1 saturated heterocycles. The largest absolute Gasteiger partial charge is 0.321 e. The van der Waals surface area contributed by atoms with E-state index in [0.29, 0.717) is 23.2 Å². The zero-order valence-corrected chi connectivity index (χ0v) is 15.9. The Morgan fingerprint density at radius 2 is 2.17 bits per heavy atom. The predicted octanol–water partition coefficient (Wildman–Crippen LogP) is 3.47. The van der Waals surface area contributed by atoms with E-state index in [4.69, 9.17) is 0 Å². The van der Waals surface area contributed by atoms with Gasteiger partial charge >= 0.3 is 0 Å². The normalized spacial score (nSPS) is 18.3. The standard InChI is InChI=1S/C16H25N3O2S2/c1-5-6-7-13(20)19-10-22-8-11(19)14(21)18-15-17-12(9-23-15)16(2,3)4/h9,11H,5-8,10H2,1-4H3,(H,17,18,21). The molecule has 1 aromatic rings. The number of nitrogens with one attached hydrogen (secondary N) is 1. The third-order valence-corrected chi connectivity index (χ3v) is 5.52. The van der Waals surface area contributed by atoms with E-state index in [9.17, 15) is 9.59 Å². The maximum atomic E-state index is 12.5. The summed E-state index contributed by atoms with van der Waals surface area (Å²) < 4.78 is 0. The Morgan fingerprint density at radius 3 is 2.78 bits per heavy atom. The Morgan fingerprint density at radius 1 is 1.43 bits per heavy atom. The van der Waals surface area contributed by atoms with Crippen molar-refractivity contribution in [3.8, 4) is 0 Å². The van der Waals surface area contributed by atoms with Gasteiger partial charge in [0.15, 0.2) is 5.13 Å². The van der Waals surface area contributed by atoms with Crippen LogP contribution in [0.4, 0.5) is 5.13 Å². The zero-order valence-electron chi connectivity index (χ0n) is 14.2. The lowest BCUT2D eigenvalue weighted by Crippen LogP contribution is -2.44. The highest BCUT2D eigenvalue weighted by Crippen LogP contribution is 2.28. The summed E-state index contributed by atoms with van der Waals surface area (Å²) in [5.41, 5.74) is 0.930. The van der Waals surface area contributed by atoms with Gasteiger partial charge in [-0.3, -0.25) is 9.59 Å². The summed E-state index contributed by atoms with van der Waals surface area (Å²) in [7, 11) is 0. The van der Waals surface area contributed by atoms with Gasteiger partial charge in [0.1, 0.15) is 6.04 Å². The molecule has 1 N–H and O–H groups in total. The second kappa shape index (κ2) is 7.66. The molecule has 0 radical (unpaired) electrons. The number of thioether (sulfide) groups is 1. The first-order valence-corrected chi connectivity index (χ1v) is 10.0. The lowest BCUT2D eigenvalue weighted by Gasteiger charge is -2.22. The van der Waals surface area contributed by atoms with E-state index in [0.717, 1.165) is 18.5 Å². The molecule has 1 atom stereocenters. The van der Waals surface area contributed by atoms with Crippen LogP contribution in [0.25, 0.3) is 0 Å². The van der Waals surface area contributed by atoms with Crippen molar-refractivity contribution in [2.45, 2.75) is 58.4 Å². The Hall–Kier alpha value is -1.08. The van der Waals surface area contributed by atoms with Crippen LogP contribution in [-0.4, -0.2) is 39.4 Å². The van der Waals surface area contributed by atoms with E-state index in [1.165, 1.54) is 11.3 Å². The topological polar surface area (TPSA) is 62.3 Å². The van der Waals surface area contributed by atoms with Crippen LogP contribution in [0, 0.1) is 0 Å². The van der Waals surface area contributed by atoms with E-state index in [2.05, 4.69) is 38.0 Å². The maximum Gasteiger partial charge on any atom is 0.249 e. The van der Waals surface area contributed by atoms with E-state index >= 15 is 0 Å². The molecular formula is C16H25N3O2S2. The number of rotatable bonds is 5. The molecule has 7 heteroatoms. The molecule has 0 saturated carbocycles. The number of nitrogens with zero attached hydrogens (tertiary/aromatic N) is 2. The van der Waals surface area contributed by atoms with Crippen molar-refractivity contribution in [1.82, 2.24) is 9.88 Å². The molecule has 1 unspecified atom stereocenters. The fourth-order valence-corrected chi connectivity index (χ4v) is 4.36.